The first-order chi connectivity index (χ1) is 23.1. The third-order valence-corrected chi connectivity index (χ3v) is 10.2. The number of rotatable bonds is 37. The van der Waals surface area contributed by atoms with Gasteiger partial charge in [-0.1, -0.05) is 210 Å². The Morgan fingerprint density at radius 3 is 0.851 bits per heavy atom. The molecule has 0 fully saturated rings. The highest BCUT2D eigenvalue weighted by atomic mass is 16.1. The zero-order valence-electron chi connectivity index (χ0n) is 31.0. The van der Waals surface area contributed by atoms with Crippen molar-refractivity contribution in [3.05, 3.63) is 35.9 Å². The molecule has 0 aliphatic rings. The van der Waals surface area contributed by atoms with Gasteiger partial charge >= 0.3 is 0 Å². The summed E-state index contributed by atoms with van der Waals surface area (Å²) in [4.78, 5) is 21.5. The van der Waals surface area contributed by atoms with Crippen LogP contribution in [0, 0.1) is 0 Å². The molecular weight excluding hydrogens is 576 g/mol. The Labute approximate surface area is 292 Å². The SMILES string of the molecule is NC(=O)CCCCCCCCCCCCCCCCCC(CCCCCCCCCCCCCCCCCC(N)=O)c1ccccc1. The second-order valence-electron chi connectivity index (χ2n) is 14.7. The first-order valence-electron chi connectivity index (χ1n) is 20.7. The largest absolute Gasteiger partial charge is 0.370 e. The predicted octanol–water partition coefficient (Wildman–Crippen LogP) is 13.0. The van der Waals surface area contributed by atoms with Crippen LogP contribution in [-0.4, -0.2) is 11.8 Å². The van der Waals surface area contributed by atoms with Gasteiger partial charge in [-0.05, 0) is 37.2 Å². The summed E-state index contributed by atoms with van der Waals surface area (Å²) < 4.78 is 0. The Morgan fingerprint density at radius 2 is 0.596 bits per heavy atom. The van der Waals surface area contributed by atoms with E-state index in [-0.39, 0.29) is 11.8 Å². The van der Waals surface area contributed by atoms with Crippen molar-refractivity contribution < 1.29 is 9.59 Å². The lowest BCUT2D eigenvalue weighted by molar-refractivity contribution is -0.119. The van der Waals surface area contributed by atoms with Crippen molar-refractivity contribution in [2.75, 3.05) is 0 Å². The summed E-state index contributed by atoms with van der Waals surface area (Å²) >= 11 is 0. The number of carbonyl (C=O) groups excluding carboxylic acids is 2. The minimum atomic E-state index is -0.155. The van der Waals surface area contributed by atoms with E-state index in [9.17, 15) is 9.59 Å². The molecule has 272 valence electrons. The van der Waals surface area contributed by atoms with E-state index in [1.54, 1.807) is 5.56 Å². The maximum Gasteiger partial charge on any atom is 0.217 e. The van der Waals surface area contributed by atoms with E-state index in [2.05, 4.69) is 30.3 Å². The van der Waals surface area contributed by atoms with Crippen LogP contribution in [0.2, 0.25) is 0 Å². The summed E-state index contributed by atoms with van der Waals surface area (Å²) in [6.45, 7) is 0. The van der Waals surface area contributed by atoms with Gasteiger partial charge in [-0.3, -0.25) is 9.59 Å². The van der Waals surface area contributed by atoms with Crippen LogP contribution in [0.3, 0.4) is 0 Å². The number of primary amides is 2. The Hall–Kier alpha value is -1.84. The summed E-state index contributed by atoms with van der Waals surface area (Å²) in [7, 11) is 0. The first-order valence-corrected chi connectivity index (χ1v) is 20.7. The Kier molecular flexibility index (Phi) is 31.3. The van der Waals surface area contributed by atoms with Gasteiger partial charge in [-0.2, -0.15) is 0 Å². The van der Waals surface area contributed by atoms with Crippen molar-refractivity contribution in [2.24, 2.45) is 11.5 Å². The van der Waals surface area contributed by atoms with E-state index in [1.165, 1.54) is 180 Å². The van der Waals surface area contributed by atoms with Gasteiger partial charge in [0.05, 0.1) is 0 Å². The molecule has 0 spiro atoms. The normalized spacial score (nSPS) is 11.4. The Balaban J connectivity index is 1.94. The summed E-state index contributed by atoms with van der Waals surface area (Å²) in [5.74, 6) is 0.440. The zero-order valence-corrected chi connectivity index (χ0v) is 31.0. The van der Waals surface area contributed by atoms with Gasteiger partial charge in [0.25, 0.3) is 0 Å². The average molecular weight is 655 g/mol. The molecule has 4 N–H and O–H groups in total. The smallest absolute Gasteiger partial charge is 0.217 e. The van der Waals surface area contributed by atoms with Gasteiger partial charge in [0, 0.05) is 12.8 Å². The molecular formula is C43H78N2O2. The van der Waals surface area contributed by atoms with Crippen molar-refractivity contribution in [1.82, 2.24) is 0 Å². The third-order valence-electron chi connectivity index (χ3n) is 10.2. The maximum atomic E-state index is 10.8. The Bertz CT molecular complexity index is 763. The standard InChI is InChI=1S/C43H78N2O2/c44-42(46)38-32-25-21-17-13-9-5-1-3-7-11-15-19-23-28-34-40(41-36-30-27-31-37-41)35-29-24-20-16-12-8-4-2-6-10-14-18-22-26-33-39-43(45)47/h27,30-31,36-37,40H,1-26,28-29,32-35,38-39H2,(H2,44,46)(H2,45,47). The van der Waals surface area contributed by atoms with E-state index in [0.717, 1.165) is 31.6 Å². The van der Waals surface area contributed by atoms with Crippen LogP contribution < -0.4 is 11.5 Å². The molecule has 0 aliphatic carbocycles. The molecule has 47 heavy (non-hydrogen) atoms. The molecule has 0 bridgehead atoms. The van der Waals surface area contributed by atoms with E-state index >= 15 is 0 Å². The number of hydrogen-bond acceptors (Lipinski definition) is 2. The molecule has 4 nitrogen and oxygen atoms in total. The fourth-order valence-corrected chi connectivity index (χ4v) is 7.18. The molecule has 0 radical (unpaired) electrons. The van der Waals surface area contributed by atoms with Crippen LogP contribution in [0.25, 0.3) is 0 Å². The molecule has 0 aliphatic heterocycles. The molecule has 1 aromatic rings. The zero-order chi connectivity index (χ0) is 33.9. The number of unbranched alkanes of at least 4 members (excludes halogenated alkanes) is 28. The van der Waals surface area contributed by atoms with Crippen LogP contribution in [0.5, 0.6) is 0 Å². The molecule has 0 saturated heterocycles. The van der Waals surface area contributed by atoms with Gasteiger partial charge in [-0.15, -0.1) is 0 Å². The molecule has 2 amide bonds. The lowest BCUT2D eigenvalue weighted by atomic mass is 9.88. The van der Waals surface area contributed by atoms with E-state index < -0.39 is 0 Å². The highest BCUT2D eigenvalue weighted by Crippen LogP contribution is 2.29. The average Bonchev–Trinajstić information content (AvgIpc) is 3.06. The van der Waals surface area contributed by atoms with E-state index in [4.69, 9.17) is 11.5 Å². The molecule has 1 rings (SSSR count). The maximum absolute atomic E-state index is 10.8. The summed E-state index contributed by atoms with van der Waals surface area (Å²) in [6.07, 6.45) is 44.1. The second-order valence-corrected chi connectivity index (χ2v) is 14.7. The monoisotopic (exact) mass is 655 g/mol. The number of nitrogens with two attached hydrogens (primary N) is 2. The highest BCUT2D eigenvalue weighted by molar-refractivity contribution is 5.73. The van der Waals surface area contributed by atoms with Crippen molar-refractivity contribution in [3.8, 4) is 0 Å². The summed E-state index contributed by atoms with van der Waals surface area (Å²) in [5.41, 5.74) is 12.0. The molecule has 4 heteroatoms. The van der Waals surface area contributed by atoms with Crippen LogP contribution in [0.1, 0.15) is 230 Å². The molecule has 0 unspecified atom stereocenters. The fraction of sp³-hybridized carbons (Fsp3) is 0.814. The van der Waals surface area contributed by atoms with Crippen LogP contribution >= 0.6 is 0 Å². The number of benzene rings is 1. The topological polar surface area (TPSA) is 86.2 Å². The first kappa shape index (κ1) is 43.2. The minimum absolute atomic E-state index is 0.155. The van der Waals surface area contributed by atoms with Crippen molar-refractivity contribution >= 4 is 11.8 Å². The molecule has 0 atom stereocenters. The van der Waals surface area contributed by atoms with Crippen LogP contribution in [0.15, 0.2) is 30.3 Å². The Morgan fingerprint density at radius 1 is 0.362 bits per heavy atom. The van der Waals surface area contributed by atoms with Gasteiger partial charge in [-0.25, -0.2) is 0 Å². The fourth-order valence-electron chi connectivity index (χ4n) is 7.18. The molecule has 0 aromatic heterocycles. The highest BCUT2D eigenvalue weighted by Gasteiger charge is 2.11. The molecule has 0 heterocycles. The van der Waals surface area contributed by atoms with Gasteiger partial charge in [0.2, 0.25) is 11.8 Å². The van der Waals surface area contributed by atoms with Crippen molar-refractivity contribution in [3.63, 3.8) is 0 Å². The summed E-state index contributed by atoms with van der Waals surface area (Å²) in [5, 5.41) is 0. The number of carbonyl (C=O) groups is 2. The van der Waals surface area contributed by atoms with E-state index in [0.29, 0.717) is 12.8 Å². The van der Waals surface area contributed by atoms with Gasteiger partial charge < -0.3 is 11.5 Å². The number of hydrogen-bond donors (Lipinski definition) is 2. The van der Waals surface area contributed by atoms with E-state index in [1.807, 2.05) is 0 Å². The summed E-state index contributed by atoms with van der Waals surface area (Å²) in [6, 6.07) is 11.3. The van der Waals surface area contributed by atoms with Crippen LogP contribution in [0.4, 0.5) is 0 Å². The quantitative estimate of drug-likeness (QED) is 0.0699. The third kappa shape index (κ3) is 31.2. The van der Waals surface area contributed by atoms with Crippen molar-refractivity contribution in [2.45, 2.75) is 224 Å². The minimum Gasteiger partial charge on any atom is -0.370 e. The van der Waals surface area contributed by atoms with Crippen molar-refractivity contribution in [1.29, 1.82) is 0 Å². The van der Waals surface area contributed by atoms with Gasteiger partial charge in [0.15, 0.2) is 0 Å². The molecule has 0 saturated carbocycles. The number of amides is 2. The van der Waals surface area contributed by atoms with Crippen LogP contribution in [-0.2, 0) is 9.59 Å². The predicted molar refractivity (Wildman–Crippen MR) is 205 cm³/mol. The second kappa shape index (κ2) is 34.0. The lowest BCUT2D eigenvalue weighted by Crippen LogP contribution is -2.09. The molecule has 1 aromatic carbocycles. The van der Waals surface area contributed by atoms with Gasteiger partial charge in [0.1, 0.15) is 0 Å². The lowest BCUT2D eigenvalue weighted by Gasteiger charge is -2.17.